The van der Waals surface area contributed by atoms with E-state index in [1.54, 1.807) is 24.3 Å². The van der Waals surface area contributed by atoms with Crippen molar-refractivity contribution in [1.82, 2.24) is 0 Å². The highest BCUT2D eigenvalue weighted by atomic mass is 17.2. The lowest BCUT2D eigenvalue weighted by Crippen LogP contribution is -2.36. The van der Waals surface area contributed by atoms with E-state index in [0.29, 0.717) is 24.3 Å². The highest BCUT2D eigenvalue weighted by Gasteiger charge is 2.32. The zero-order valence-electron chi connectivity index (χ0n) is 19.5. The summed E-state index contributed by atoms with van der Waals surface area (Å²) >= 11 is 0. The van der Waals surface area contributed by atoms with Gasteiger partial charge in [-0.15, -0.1) is 0 Å². The molecular weight excluding hydrogens is 448 g/mol. The Hall–Kier alpha value is -3.50. The van der Waals surface area contributed by atoms with Crippen LogP contribution in [0.25, 0.3) is 0 Å². The Morgan fingerprint density at radius 3 is 1.41 bits per heavy atom. The number of ether oxygens (including phenoxy) is 4. The molecule has 2 unspecified atom stereocenters. The molecule has 0 amide bonds. The first kappa shape index (κ1) is 25.1. The van der Waals surface area contributed by atoms with Gasteiger partial charge in [0.1, 0.15) is 46.3 Å². The maximum Gasteiger partial charge on any atom is 0.376 e. The topological polar surface area (TPSA) is 108 Å². The molecule has 1 saturated carbocycles. The van der Waals surface area contributed by atoms with E-state index in [9.17, 15) is 9.59 Å². The molecule has 0 bridgehead atoms. The number of rotatable bonds is 10. The predicted molar refractivity (Wildman–Crippen MR) is 118 cm³/mol. The van der Waals surface area contributed by atoms with Gasteiger partial charge in [-0.2, -0.15) is 9.78 Å². The third kappa shape index (κ3) is 6.09. The third-order valence-corrected chi connectivity index (χ3v) is 5.39. The predicted octanol–water partition coefficient (Wildman–Crippen LogP) is 3.91. The number of hydrogen-bond acceptors (Lipinski definition) is 10. The zero-order valence-corrected chi connectivity index (χ0v) is 19.5. The van der Waals surface area contributed by atoms with Crippen molar-refractivity contribution in [2.75, 3.05) is 28.4 Å². The SMILES string of the molecule is COc1ccc(C(=O)OOC2CCCCC2OOC(=O)c2ccc(OC)cc2OC)c(OC)c1. The molecule has 2 aromatic carbocycles. The molecule has 184 valence electrons. The molecule has 1 aliphatic carbocycles. The summed E-state index contributed by atoms with van der Waals surface area (Å²) in [6, 6.07) is 9.38. The van der Waals surface area contributed by atoms with Crippen LogP contribution in [-0.4, -0.2) is 52.6 Å². The van der Waals surface area contributed by atoms with Crippen LogP contribution >= 0.6 is 0 Å². The molecule has 0 radical (unpaired) electrons. The van der Waals surface area contributed by atoms with Gasteiger partial charge in [0, 0.05) is 12.1 Å². The standard InChI is InChI=1S/C24H28O10/c1-27-15-9-11-17(21(13-15)29-3)23(25)33-31-19-7-5-6-8-20(19)32-34-24(26)18-12-10-16(28-2)14-22(18)30-4/h9-14,19-20H,5-8H2,1-4H3. The molecular formula is C24H28O10. The van der Waals surface area contributed by atoms with E-state index in [-0.39, 0.29) is 22.6 Å². The van der Waals surface area contributed by atoms with Crippen molar-refractivity contribution in [3.63, 3.8) is 0 Å². The summed E-state index contributed by atoms with van der Waals surface area (Å²) in [5.41, 5.74) is 0.351. The molecule has 3 rings (SSSR count). The van der Waals surface area contributed by atoms with Crippen molar-refractivity contribution < 1.29 is 48.1 Å². The lowest BCUT2D eigenvalue weighted by molar-refractivity contribution is -0.352. The van der Waals surface area contributed by atoms with Crippen molar-refractivity contribution in [1.29, 1.82) is 0 Å². The van der Waals surface area contributed by atoms with Gasteiger partial charge < -0.3 is 18.9 Å². The van der Waals surface area contributed by atoms with Gasteiger partial charge in [0.15, 0.2) is 0 Å². The van der Waals surface area contributed by atoms with Gasteiger partial charge >= 0.3 is 11.9 Å². The fourth-order valence-corrected chi connectivity index (χ4v) is 3.52. The fraction of sp³-hybridized carbons (Fsp3) is 0.417. The summed E-state index contributed by atoms with van der Waals surface area (Å²) in [5, 5.41) is 0. The summed E-state index contributed by atoms with van der Waals surface area (Å²) in [6.45, 7) is 0. The molecule has 10 heteroatoms. The number of benzene rings is 2. The zero-order chi connectivity index (χ0) is 24.5. The van der Waals surface area contributed by atoms with Crippen LogP contribution in [0.3, 0.4) is 0 Å². The van der Waals surface area contributed by atoms with E-state index < -0.39 is 24.1 Å². The van der Waals surface area contributed by atoms with Crippen LogP contribution in [0, 0.1) is 0 Å². The first-order valence-electron chi connectivity index (χ1n) is 10.7. The van der Waals surface area contributed by atoms with Gasteiger partial charge in [-0.05, 0) is 37.1 Å². The third-order valence-electron chi connectivity index (χ3n) is 5.39. The maximum atomic E-state index is 12.5. The molecule has 34 heavy (non-hydrogen) atoms. The molecule has 0 spiro atoms. The van der Waals surface area contributed by atoms with Crippen molar-refractivity contribution in [3.8, 4) is 23.0 Å². The average Bonchev–Trinajstić information content (AvgIpc) is 2.89. The lowest BCUT2D eigenvalue weighted by Gasteiger charge is -2.28. The minimum atomic E-state index is -0.733. The highest BCUT2D eigenvalue weighted by Crippen LogP contribution is 2.29. The number of methoxy groups -OCH3 is 4. The molecule has 0 aliphatic heterocycles. The van der Waals surface area contributed by atoms with Crippen molar-refractivity contribution in [2.24, 2.45) is 0 Å². The highest BCUT2D eigenvalue weighted by molar-refractivity contribution is 5.93. The minimum absolute atomic E-state index is 0.176. The fourth-order valence-electron chi connectivity index (χ4n) is 3.52. The summed E-state index contributed by atoms with van der Waals surface area (Å²) in [4.78, 5) is 45.9. The molecule has 2 atom stereocenters. The number of carbonyl (C=O) groups excluding carboxylic acids is 2. The Morgan fingerprint density at radius 1 is 0.647 bits per heavy atom. The Balaban J connectivity index is 1.60. The van der Waals surface area contributed by atoms with E-state index in [1.165, 1.54) is 40.6 Å². The average molecular weight is 476 g/mol. The Bertz CT molecular complexity index is 910. The second-order valence-electron chi connectivity index (χ2n) is 7.43. The van der Waals surface area contributed by atoms with Gasteiger partial charge in [0.25, 0.3) is 0 Å². The molecule has 10 nitrogen and oxygen atoms in total. The smallest absolute Gasteiger partial charge is 0.376 e. The van der Waals surface area contributed by atoms with Crippen LogP contribution in [0.15, 0.2) is 36.4 Å². The summed E-state index contributed by atoms with van der Waals surface area (Å²) in [7, 11) is 5.89. The number of carbonyl (C=O) groups is 2. The van der Waals surface area contributed by atoms with Gasteiger partial charge in [-0.1, -0.05) is 12.8 Å². The quantitative estimate of drug-likeness (QED) is 0.370. The first-order valence-corrected chi connectivity index (χ1v) is 10.7. The molecule has 1 fully saturated rings. The second kappa shape index (κ2) is 12.1. The summed E-state index contributed by atoms with van der Waals surface area (Å²) in [6.07, 6.45) is 1.56. The van der Waals surface area contributed by atoms with Crippen molar-refractivity contribution >= 4 is 11.9 Å². The lowest BCUT2D eigenvalue weighted by atomic mass is 9.95. The Labute approximate surface area is 197 Å². The first-order chi connectivity index (χ1) is 16.5. The minimum Gasteiger partial charge on any atom is -0.497 e. The van der Waals surface area contributed by atoms with Gasteiger partial charge in [0.05, 0.1) is 28.4 Å². The van der Waals surface area contributed by atoms with E-state index in [0.717, 1.165) is 12.8 Å². The summed E-state index contributed by atoms with van der Waals surface area (Å²) in [5.74, 6) is 0.168. The molecule has 0 aromatic heterocycles. The van der Waals surface area contributed by atoms with Gasteiger partial charge in [0.2, 0.25) is 0 Å². The molecule has 2 aromatic rings. The number of hydrogen-bond donors (Lipinski definition) is 0. The van der Waals surface area contributed by atoms with E-state index in [4.69, 9.17) is 38.5 Å². The van der Waals surface area contributed by atoms with E-state index >= 15 is 0 Å². The van der Waals surface area contributed by atoms with E-state index in [2.05, 4.69) is 0 Å². The monoisotopic (exact) mass is 476 g/mol. The van der Waals surface area contributed by atoms with E-state index in [1.807, 2.05) is 0 Å². The summed E-state index contributed by atoms with van der Waals surface area (Å²) < 4.78 is 20.7. The van der Waals surface area contributed by atoms with Crippen LogP contribution < -0.4 is 18.9 Å². The molecule has 1 aliphatic rings. The second-order valence-corrected chi connectivity index (χ2v) is 7.43. The largest absolute Gasteiger partial charge is 0.497 e. The normalized spacial score (nSPS) is 17.4. The van der Waals surface area contributed by atoms with Crippen LogP contribution in [-0.2, 0) is 19.6 Å². The Kier molecular flexibility index (Phi) is 8.94. The molecule has 0 heterocycles. The van der Waals surface area contributed by atoms with Crippen LogP contribution in [0.4, 0.5) is 0 Å². The Morgan fingerprint density at radius 2 is 1.06 bits per heavy atom. The van der Waals surface area contributed by atoms with Crippen LogP contribution in [0.1, 0.15) is 46.4 Å². The van der Waals surface area contributed by atoms with Gasteiger partial charge in [-0.3, -0.25) is 9.78 Å². The van der Waals surface area contributed by atoms with Crippen LogP contribution in [0.2, 0.25) is 0 Å². The van der Waals surface area contributed by atoms with Crippen molar-refractivity contribution in [3.05, 3.63) is 47.5 Å². The maximum absolute atomic E-state index is 12.5. The molecule has 0 saturated heterocycles. The molecule has 0 N–H and O–H groups in total. The van der Waals surface area contributed by atoms with Gasteiger partial charge in [-0.25, -0.2) is 9.59 Å². The van der Waals surface area contributed by atoms with Crippen LogP contribution in [0.5, 0.6) is 23.0 Å². The van der Waals surface area contributed by atoms with Crippen molar-refractivity contribution in [2.45, 2.75) is 37.9 Å².